The maximum absolute atomic E-state index is 13.7. The molecule has 0 aliphatic carbocycles. The summed E-state index contributed by atoms with van der Waals surface area (Å²) in [4.78, 5) is 14.4. The number of benzene rings is 4. The summed E-state index contributed by atoms with van der Waals surface area (Å²) in [6.07, 6.45) is 6.40. The molecular formula is C32H24N3OS+. The van der Waals surface area contributed by atoms with E-state index in [1.807, 2.05) is 53.1 Å². The molecular weight excluding hydrogens is 474 g/mol. The molecule has 37 heavy (non-hydrogen) atoms. The van der Waals surface area contributed by atoms with Crippen LogP contribution in [0, 0.1) is 0 Å². The highest BCUT2D eigenvalue weighted by Crippen LogP contribution is 2.34. The Morgan fingerprint density at radius 2 is 1.43 bits per heavy atom. The highest BCUT2D eigenvalue weighted by molar-refractivity contribution is 7.18. The predicted octanol–water partition coefficient (Wildman–Crippen LogP) is 6.63. The van der Waals surface area contributed by atoms with Crippen LogP contribution in [0.5, 0.6) is 0 Å². The van der Waals surface area contributed by atoms with Crippen LogP contribution in [0.25, 0.3) is 60.3 Å². The van der Waals surface area contributed by atoms with Gasteiger partial charge in [0.2, 0.25) is 0 Å². The standard InChI is InChI=1S/C32H24N3OS/c1-33-24(23-15-8-13-21-14-9-19-27(33)29(21)23)18-10-20-28-32-35(26-17-7-6-16-25(26)34(28)2)31(36)30(37-32)22-11-4-3-5-12-22/h3-20H,1-2H3/q+1. The summed E-state index contributed by atoms with van der Waals surface area (Å²) >= 11 is 1.55. The molecule has 1 aromatic heterocycles. The van der Waals surface area contributed by atoms with Crippen LogP contribution in [0.2, 0.25) is 0 Å². The predicted molar refractivity (Wildman–Crippen MR) is 157 cm³/mol. The number of hydrogen-bond donors (Lipinski definition) is 0. The molecule has 7 rings (SSSR count). The molecule has 0 bridgehead atoms. The minimum Gasteiger partial charge on any atom is -0.344 e. The summed E-state index contributed by atoms with van der Waals surface area (Å²) < 4.78 is 6.30. The average Bonchev–Trinajstić information content (AvgIpc) is 3.42. The van der Waals surface area contributed by atoms with Gasteiger partial charge >= 0.3 is 15.4 Å². The zero-order chi connectivity index (χ0) is 25.1. The van der Waals surface area contributed by atoms with Gasteiger partial charge in [-0.2, -0.15) is 0 Å². The van der Waals surface area contributed by atoms with Crippen LogP contribution in [0.3, 0.4) is 0 Å². The number of allylic oxidation sites excluding steroid dienone is 1. The lowest BCUT2D eigenvalue weighted by atomic mass is 10.1. The second kappa shape index (κ2) is 8.29. The van der Waals surface area contributed by atoms with E-state index < -0.39 is 0 Å². The Morgan fingerprint density at radius 1 is 0.730 bits per heavy atom. The van der Waals surface area contributed by atoms with E-state index in [1.165, 1.54) is 21.7 Å². The fourth-order valence-electron chi connectivity index (χ4n) is 5.49. The smallest absolute Gasteiger partial charge is 0.336 e. The normalized spacial score (nSPS) is 12.8. The molecule has 0 saturated heterocycles. The van der Waals surface area contributed by atoms with Gasteiger partial charge in [-0.3, -0.25) is 4.79 Å². The van der Waals surface area contributed by atoms with Gasteiger partial charge in [0.25, 0.3) is 11.3 Å². The Bertz CT molecular complexity index is 2070. The van der Waals surface area contributed by atoms with Crippen molar-refractivity contribution in [2.75, 3.05) is 0 Å². The molecule has 4 aromatic carbocycles. The van der Waals surface area contributed by atoms with E-state index in [2.05, 4.69) is 83.9 Å². The van der Waals surface area contributed by atoms with E-state index in [4.69, 9.17) is 0 Å². The minimum absolute atomic E-state index is 0.0219. The molecule has 0 fully saturated rings. The number of aromatic nitrogens is 3. The van der Waals surface area contributed by atoms with Crippen LogP contribution >= 0.6 is 11.3 Å². The van der Waals surface area contributed by atoms with Crippen LogP contribution in [-0.2, 0) is 14.1 Å². The maximum atomic E-state index is 13.7. The number of rotatable bonds is 3. The lowest BCUT2D eigenvalue weighted by Crippen LogP contribution is -2.18. The number of para-hydroxylation sites is 2. The van der Waals surface area contributed by atoms with E-state index in [0.717, 1.165) is 37.5 Å². The molecule has 4 nitrogen and oxygen atoms in total. The number of nitrogens with zero attached hydrogens (tertiary/aromatic N) is 3. The summed E-state index contributed by atoms with van der Waals surface area (Å²) in [7, 11) is 4.19. The van der Waals surface area contributed by atoms with Gasteiger partial charge in [-0.1, -0.05) is 66.7 Å². The van der Waals surface area contributed by atoms with Crippen molar-refractivity contribution in [3.05, 3.63) is 118 Å². The zero-order valence-electron chi connectivity index (χ0n) is 20.6. The van der Waals surface area contributed by atoms with E-state index in [-0.39, 0.29) is 5.56 Å². The van der Waals surface area contributed by atoms with Crippen LogP contribution in [0.4, 0.5) is 0 Å². The molecule has 2 aliphatic rings. The van der Waals surface area contributed by atoms with Gasteiger partial charge in [-0.25, -0.2) is 4.57 Å². The van der Waals surface area contributed by atoms with E-state index >= 15 is 0 Å². The first-order chi connectivity index (χ1) is 18.1. The van der Waals surface area contributed by atoms with Gasteiger partial charge < -0.3 is 9.13 Å². The first-order valence-electron chi connectivity index (χ1n) is 12.3. The van der Waals surface area contributed by atoms with E-state index in [0.29, 0.717) is 0 Å². The third-order valence-electron chi connectivity index (χ3n) is 7.29. The monoisotopic (exact) mass is 498 g/mol. The van der Waals surface area contributed by atoms with Gasteiger partial charge in [0.1, 0.15) is 5.69 Å². The van der Waals surface area contributed by atoms with Gasteiger partial charge in [0, 0.05) is 41.3 Å². The molecule has 0 spiro atoms. The van der Waals surface area contributed by atoms with Gasteiger partial charge in [0.15, 0.2) is 0 Å². The van der Waals surface area contributed by atoms with Crippen molar-refractivity contribution < 1.29 is 0 Å². The summed E-state index contributed by atoms with van der Waals surface area (Å²) in [5.74, 6) is 0. The number of hydrogen-bond acceptors (Lipinski definition) is 1. The molecule has 2 aliphatic heterocycles. The Hall–Kier alpha value is -4.48. The van der Waals surface area contributed by atoms with E-state index in [9.17, 15) is 4.79 Å². The fraction of sp³-hybridized carbons (Fsp3) is 0.0625. The summed E-state index contributed by atoms with van der Waals surface area (Å²) in [6, 6.07) is 31.0. The number of aryl methyl sites for hydroxylation is 2. The third-order valence-corrected chi connectivity index (χ3v) is 8.49. The third kappa shape index (κ3) is 3.21. The molecule has 0 radical (unpaired) electrons. The van der Waals surface area contributed by atoms with Crippen LogP contribution in [0.1, 0.15) is 5.69 Å². The van der Waals surface area contributed by atoms with Crippen LogP contribution in [-0.4, -0.2) is 13.7 Å². The molecule has 0 unspecified atom stereocenters. The fourth-order valence-corrected chi connectivity index (χ4v) is 6.70. The van der Waals surface area contributed by atoms with Crippen LogP contribution < -0.4 is 10.9 Å². The van der Waals surface area contributed by atoms with E-state index in [1.54, 1.807) is 11.3 Å². The van der Waals surface area contributed by atoms with Crippen molar-refractivity contribution in [3.8, 4) is 15.4 Å². The molecule has 5 aromatic rings. The average molecular weight is 499 g/mol. The Labute approximate surface area is 217 Å². The lowest BCUT2D eigenvalue weighted by Gasteiger charge is -2.12. The van der Waals surface area contributed by atoms with Crippen molar-refractivity contribution in [1.82, 2.24) is 13.7 Å². The first-order valence-corrected chi connectivity index (χ1v) is 13.1. The van der Waals surface area contributed by atoms with Crippen molar-refractivity contribution in [3.63, 3.8) is 0 Å². The van der Waals surface area contributed by atoms with Crippen molar-refractivity contribution in [2.24, 2.45) is 14.1 Å². The molecule has 178 valence electrons. The molecule has 0 amide bonds. The largest absolute Gasteiger partial charge is 0.344 e. The first kappa shape index (κ1) is 21.8. The minimum atomic E-state index is 0.0219. The van der Waals surface area contributed by atoms with Gasteiger partial charge in [0.05, 0.1) is 11.0 Å². The highest BCUT2D eigenvalue weighted by atomic mass is 32.1. The van der Waals surface area contributed by atoms with Crippen molar-refractivity contribution in [1.29, 1.82) is 0 Å². The Balaban J connectivity index is 1.48. The Kier molecular flexibility index (Phi) is 4.88. The number of thiazole rings is 1. The topological polar surface area (TPSA) is 31.9 Å². The van der Waals surface area contributed by atoms with Gasteiger partial charge in [-0.15, -0.1) is 0 Å². The summed E-state index contributed by atoms with van der Waals surface area (Å²) in [5, 5.41) is 5.89. The van der Waals surface area contributed by atoms with Crippen LogP contribution in [0.15, 0.2) is 102 Å². The molecule has 0 atom stereocenters. The second-order valence-electron chi connectivity index (χ2n) is 9.33. The lowest BCUT2D eigenvalue weighted by molar-refractivity contribution is 0.900. The van der Waals surface area contributed by atoms with Crippen molar-refractivity contribution >= 4 is 56.2 Å². The second-order valence-corrected chi connectivity index (χ2v) is 10.3. The summed E-state index contributed by atoms with van der Waals surface area (Å²) in [6.45, 7) is 0. The number of fused-ring (bicyclic) bond motifs is 3. The SMILES string of the molecule is Cn1c(C=CC=c2c3cccc4cccc(c43)n2C)c2[s+]c(-c3ccccc3)c(=O)n-2c2ccccc21. The Morgan fingerprint density at radius 3 is 2.24 bits per heavy atom. The zero-order valence-corrected chi connectivity index (χ0v) is 21.4. The molecule has 5 heteroatoms. The quantitative estimate of drug-likeness (QED) is 0.252. The molecule has 0 saturated carbocycles. The molecule has 3 heterocycles. The molecule has 0 N–H and O–H groups in total. The van der Waals surface area contributed by atoms with Gasteiger partial charge in [-0.05, 0) is 47.9 Å². The summed E-state index contributed by atoms with van der Waals surface area (Å²) in [5.41, 5.74) is 5.12. The van der Waals surface area contributed by atoms with Crippen molar-refractivity contribution in [2.45, 2.75) is 0 Å². The maximum Gasteiger partial charge on any atom is 0.336 e. The highest BCUT2D eigenvalue weighted by Gasteiger charge is 2.33.